The van der Waals surface area contributed by atoms with Gasteiger partial charge in [-0.2, -0.15) is 0 Å². The van der Waals surface area contributed by atoms with Crippen LogP contribution >= 0.6 is 15.9 Å². The lowest BCUT2D eigenvalue weighted by molar-refractivity contribution is 0.412. The second kappa shape index (κ2) is 6.27. The average molecular weight is 362 g/mol. The van der Waals surface area contributed by atoms with Crippen LogP contribution < -0.4 is 10.1 Å². The number of ether oxygens (including phenoxy) is 1. The van der Waals surface area contributed by atoms with Gasteiger partial charge in [0.05, 0.1) is 11.6 Å². The number of halogens is 2. The van der Waals surface area contributed by atoms with E-state index in [0.29, 0.717) is 23.3 Å². The Balaban J connectivity index is 1.85. The van der Waals surface area contributed by atoms with Crippen molar-refractivity contribution in [2.45, 2.75) is 6.54 Å². The molecule has 0 fully saturated rings. The molecule has 3 aromatic rings. The van der Waals surface area contributed by atoms with Crippen LogP contribution in [0, 0.1) is 5.82 Å². The molecule has 0 spiro atoms. The first-order valence-corrected chi connectivity index (χ1v) is 7.44. The van der Waals surface area contributed by atoms with Gasteiger partial charge in [-0.15, -0.1) is 0 Å². The molecule has 0 bridgehead atoms. The maximum Gasteiger partial charge on any atom is 0.149 e. The van der Waals surface area contributed by atoms with Gasteiger partial charge in [-0.3, -0.25) is 0 Å². The second-order valence-electron chi connectivity index (χ2n) is 4.68. The summed E-state index contributed by atoms with van der Waals surface area (Å²) in [7, 11) is 1.62. The van der Waals surface area contributed by atoms with Crippen LogP contribution in [0.2, 0.25) is 0 Å². The van der Waals surface area contributed by atoms with Crippen LogP contribution in [-0.4, -0.2) is 17.1 Å². The Kier molecular flexibility index (Phi) is 4.20. The summed E-state index contributed by atoms with van der Waals surface area (Å²) in [6.07, 6.45) is 1.36. The summed E-state index contributed by atoms with van der Waals surface area (Å²) in [6, 6.07) is 10.6. The number of fused-ring (bicyclic) bond motifs is 1. The van der Waals surface area contributed by atoms with E-state index >= 15 is 0 Å². The number of nitrogens with one attached hydrogen (secondary N) is 1. The zero-order valence-corrected chi connectivity index (χ0v) is 13.4. The first-order chi connectivity index (χ1) is 10.7. The molecule has 0 aliphatic rings. The van der Waals surface area contributed by atoms with E-state index in [0.717, 1.165) is 15.8 Å². The molecule has 22 heavy (non-hydrogen) atoms. The molecule has 3 rings (SSSR count). The van der Waals surface area contributed by atoms with Crippen LogP contribution in [0.5, 0.6) is 5.75 Å². The number of hydrogen-bond acceptors (Lipinski definition) is 4. The van der Waals surface area contributed by atoms with Crippen LogP contribution in [0.25, 0.3) is 10.9 Å². The minimum atomic E-state index is -0.352. The fourth-order valence-electron chi connectivity index (χ4n) is 2.20. The normalized spacial score (nSPS) is 10.7. The van der Waals surface area contributed by atoms with E-state index in [4.69, 9.17) is 4.74 Å². The van der Waals surface area contributed by atoms with Crippen molar-refractivity contribution in [1.29, 1.82) is 0 Å². The minimum Gasteiger partial charge on any atom is -0.496 e. The molecule has 6 heteroatoms. The molecule has 0 aliphatic heterocycles. The van der Waals surface area contributed by atoms with Crippen molar-refractivity contribution in [3.8, 4) is 5.75 Å². The topological polar surface area (TPSA) is 47.0 Å². The molecule has 0 saturated heterocycles. The van der Waals surface area contributed by atoms with Gasteiger partial charge in [0.25, 0.3) is 0 Å². The summed E-state index contributed by atoms with van der Waals surface area (Å²) in [4.78, 5) is 8.18. The van der Waals surface area contributed by atoms with Gasteiger partial charge in [0.2, 0.25) is 0 Å². The molecule has 0 radical (unpaired) electrons. The molecule has 0 amide bonds. The van der Waals surface area contributed by atoms with Crippen molar-refractivity contribution in [2.24, 2.45) is 0 Å². The number of methoxy groups -OCH3 is 1. The quantitative estimate of drug-likeness (QED) is 0.758. The monoisotopic (exact) mass is 361 g/mol. The van der Waals surface area contributed by atoms with Gasteiger partial charge in [-0.1, -0.05) is 12.1 Å². The summed E-state index contributed by atoms with van der Waals surface area (Å²) in [6.45, 7) is 0.561. The Hall–Kier alpha value is -2.21. The summed E-state index contributed by atoms with van der Waals surface area (Å²) in [5.74, 6) is 1.03. The molecule has 0 aliphatic carbocycles. The summed E-state index contributed by atoms with van der Waals surface area (Å²) >= 11 is 3.45. The zero-order chi connectivity index (χ0) is 15.5. The lowest BCUT2D eigenvalue weighted by atomic mass is 10.2. The fourth-order valence-corrected chi connectivity index (χ4v) is 2.79. The summed E-state index contributed by atoms with van der Waals surface area (Å²) < 4.78 is 19.8. The van der Waals surface area contributed by atoms with Gasteiger partial charge >= 0.3 is 0 Å². The van der Waals surface area contributed by atoms with Gasteiger partial charge in [0, 0.05) is 11.9 Å². The Morgan fingerprint density at radius 3 is 2.86 bits per heavy atom. The van der Waals surface area contributed by atoms with Crippen molar-refractivity contribution in [1.82, 2.24) is 9.97 Å². The van der Waals surface area contributed by atoms with E-state index < -0.39 is 0 Å². The zero-order valence-electron chi connectivity index (χ0n) is 11.8. The molecule has 4 nitrogen and oxygen atoms in total. The third-order valence-electron chi connectivity index (χ3n) is 3.29. The molecule has 0 atom stereocenters. The molecular weight excluding hydrogens is 349 g/mol. The van der Waals surface area contributed by atoms with Gasteiger partial charge < -0.3 is 10.1 Å². The fraction of sp³-hybridized carbons (Fsp3) is 0.125. The standard InChI is InChI=1S/C16H13BrFN3O/c1-22-14-6-5-10(7-12(14)17)8-19-16-11-3-2-4-13(18)15(11)20-9-21-16/h2-7,9H,8H2,1H3,(H,19,20,21). The van der Waals surface area contributed by atoms with Crippen LogP contribution in [0.4, 0.5) is 10.2 Å². The third kappa shape index (κ3) is 2.87. The molecular formula is C16H13BrFN3O. The highest BCUT2D eigenvalue weighted by Gasteiger charge is 2.07. The predicted octanol–water partition coefficient (Wildman–Crippen LogP) is 4.15. The smallest absolute Gasteiger partial charge is 0.149 e. The molecule has 112 valence electrons. The summed E-state index contributed by atoms with van der Waals surface area (Å²) in [5, 5.41) is 3.88. The number of para-hydroxylation sites is 1. The van der Waals surface area contributed by atoms with Crippen LogP contribution in [0.1, 0.15) is 5.56 Å². The van der Waals surface area contributed by atoms with Crippen molar-refractivity contribution < 1.29 is 9.13 Å². The lowest BCUT2D eigenvalue weighted by Crippen LogP contribution is -2.03. The first kappa shape index (κ1) is 14.7. The lowest BCUT2D eigenvalue weighted by Gasteiger charge is -2.10. The molecule has 1 N–H and O–H groups in total. The van der Waals surface area contributed by atoms with E-state index in [2.05, 4.69) is 31.2 Å². The third-order valence-corrected chi connectivity index (χ3v) is 3.91. The largest absolute Gasteiger partial charge is 0.496 e. The van der Waals surface area contributed by atoms with Crippen molar-refractivity contribution in [3.05, 3.63) is 58.6 Å². The van der Waals surface area contributed by atoms with Gasteiger partial charge in [-0.05, 0) is 45.8 Å². The Morgan fingerprint density at radius 2 is 2.09 bits per heavy atom. The Morgan fingerprint density at radius 1 is 1.23 bits per heavy atom. The Bertz CT molecular complexity index is 826. The van der Waals surface area contributed by atoms with Crippen molar-refractivity contribution >= 4 is 32.7 Å². The van der Waals surface area contributed by atoms with E-state index in [1.807, 2.05) is 18.2 Å². The van der Waals surface area contributed by atoms with Gasteiger partial charge in [-0.25, -0.2) is 14.4 Å². The van der Waals surface area contributed by atoms with E-state index in [-0.39, 0.29) is 5.82 Å². The highest BCUT2D eigenvalue weighted by atomic mass is 79.9. The number of aromatic nitrogens is 2. The molecule has 1 aromatic heterocycles. The van der Waals surface area contributed by atoms with Gasteiger partial charge in [0.1, 0.15) is 29.2 Å². The van der Waals surface area contributed by atoms with E-state index in [1.165, 1.54) is 12.4 Å². The van der Waals surface area contributed by atoms with Crippen LogP contribution in [0.15, 0.2) is 47.2 Å². The predicted molar refractivity (Wildman–Crippen MR) is 87.5 cm³/mol. The highest BCUT2D eigenvalue weighted by molar-refractivity contribution is 9.10. The van der Waals surface area contributed by atoms with E-state index in [1.54, 1.807) is 19.2 Å². The first-order valence-electron chi connectivity index (χ1n) is 6.64. The average Bonchev–Trinajstić information content (AvgIpc) is 2.53. The van der Waals surface area contributed by atoms with Gasteiger partial charge in [0.15, 0.2) is 0 Å². The number of anilines is 1. The highest BCUT2D eigenvalue weighted by Crippen LogP contribution is 2.26. The Labute approximate surface area is 135 Å². The number of nitrogens with zero attached hydrogens (tertiary/aromatic N) is 2. The summed E-state index contributed by atoms with van der Waals surface area (Å²) in [5.41, 5.74) is 1.37. The van der Waals surface area contributed by atoms with E-state index in [9.17, 15) is 4.39 Å². The number of hydrogen-bond donors (Lipinski definition) is 1. The van der Waals surface area contributed by atoms with Crippen molar-refractivity contribution in [3.63, 3.8) is 0 Å². The minimum absolute atomic E-state index is 0.316. The van der Waals surface area contributed by atoms with Crippen molar-refractivity contribution in [2.75, 3.05) is 12.4 Å². The maximum absolute atomic E-state index is 13.7. The SMILES string of the molecule is COc1ccc(CNc2ncnc3c(F)cccc23)cc1Br. The molecule has 2 aromatic carbocycles. The molecule has 1 heterocycles. The molecule has 0 unspecified atom stereocenters. The molecule has 0 saturated carbocycles. The second-order valence-corrected chi connectivity index (χ2v) is 5.54. The number of benzene rings is 2. The number of rotatable bonds is 4. The maximum atomic E-state index is 13.7. The van der Waals surface area contributed by atoms with Crippen LogP contribution in [0.3, 0.4) is 0 Å². The van der Waals surface area contributed by atoms with Crippen LogP contribution in [-0.2, 0) is 6.54 Å².